The quantitative estimate of drug-likeness (QED) is 0.529. The van der Waals surface area contributed by atoms with Gasteiger partial charge in [0.25, 0.3) is 0 Å². The summed E-state index contributed by atoms with van der Waals surface area (Å²) in [5, 5.41) is 8.91. The summed E-state index contributed by atoms with van der Waals surface area (Å²) < 4.78 is 4.80. The fourth-order valence-corrected chi connectivity index (χ4v) is 1.23. The Bertz CT molecular complexity index is 305. The zero-order chi connectivity index (χ0) is 11.1. The summed E-state index contributed by atoms with van der Waals surface area (Å²) in [7, 11) is 1.27. The van der Waals surface area contributed by atoms with Crippen LogP contribution in [0.4, 0.5) is 0 Å². The average molecular weight is 206 g/mol. The molecule has 0 spiro atoms. The van der Waals surface area contributed by atoms with Crippen molar-refractivity contribution in [2.24, 2.45) is 5.73 Å². The first-order valence-corrected chi connectivity index (χ1v) is 4.65. The Morgan fingerprint density at radius 3 is 2.67 bits per heavy atom. The minimum Gasteiger partial charge on any atom is -0.481 e. The molecule has 1 rings (SSSR count). The van der Waals surface area contributed by atoms with Crippen molar-refractivity contribution in [3.8, 4) is 0 Å². The third kappa shape index (κ3) is 4.14. The lowest BCUT2D eigenvalue weighted by atomic mass is 9.76. The highest BCUT2D eigenvalue weighted by Gasteiger charge is 2.20. The molecule has 0 heterocycles. The highest BCUT2D eigenvalue weighted by atomic mass is 16.4. The van der Waals surface area contributed by atoms with Gasteiger partial charge in [0.15, 0.2) is 0 Å². The fourth-order valence-electron chi connectivity index (χ4n) is 1.23. The van der Waals surface area contributed by atoms with Gasteiger partial charge in [0.05, 0.1) is 12.5 Å². The summed E-state index contributed by atoms with van der Waals surface area (Å²) in [4.78, 5) is 10.9. The van der Waals surface area contributed by atoms with E-state index in [1.807, 2.05) is 30.3 Å². The lowest BCUT2D eigenvalue weighted by Gasteiger charge is -2.10. The Morgan fingerprint density at radius 1 is 1.47 bits per heavy atom. The van der Waals surface area contributed by atoms with E-state index in [9.17, 15) is 4.79 Å². The first kappa shape index (κ1) is 11.7. The molecule has 1 aromatic rings. The Kier molecular flexibility index (Phi) is 4.87. The van der Waals surface area contributed by atoms with Gasteiger partial charge in [-0.2, -0.15) is 0 Å². The summed E-state index contributed by atoms with van der Waals surface area (Å²) in [6, 6.07) is 9.40. The maximum Gasteiger partial charge on any atom is 0.309 e. The number of benzene rings is 1. The second kappa shape index (κ2) is 6.21. The molecule has 0 amide bonds. The van der Waals surface area contributed by atoms with E-state index in [1.165, 1.54) is 7.48 Å². The molecule has 79 valence electrons. The molecular formula is C10H13BNO3. The molecule has 0 aliphatic rings. The number of nitrogens with two attached hydrogens (primary N) is 1. The number of carboxylic acid groups (broad SMARTS) is 1. The predicted octanol–water partition coefficient (Wildman–Crippen LogP) is 0.654. The van der Waals surface area contributed by atoms with Gasteiger partial charge in [0, 0.05) is 0 Å². The Hall–Kier alpha value is -1.33. The summed E-state index contributed by atoms with van der Waals surface area (Å²) in [6.45, 7) is -0.00142. The molecule has 1 atom stereocenters. The summed E-state index contributed by atoms with van der Waals surface area (Å²) in [6.07, 6.45) is 0.413. The monoisotopic (exact) mass is 206 g/mol. The van der Waals surface area contributed by atoms with Gasteiger partial charge in [-0.25, -0.2) is 0 Å². The molecule has 1 radical (unpaired) electrons. The van der Waals surface area contributed by atoms with Crippen molar-refractivity contribution in [2.75, 3.05) is 6.73 Å². The van der Waals surface area contributed by atoms with Crippen LogP contribution in [-0.2, 0) is 15.9 Å². The van der Waals surface area contributed by atoms with Crippen molar-refractivity contribution in [3.05, 3.63) is 35.9 Å². The molecule has 15 heavy (non-hydrogen) atoms. The van der Waals surface area contributed by atoms with E-state index < -0.39 is 11.8 Å². The number of carboxylic acids is 1. The van der Waals surface area contributed by atoms with Crippen LogP contribution in [-0.4, -0.2) is 25.3 Å². The molecule has 0 aliphatic carbocycles. The third-order valence-corrected chi connectivity index (χ3v) is 1.97. The van der Waals surface area contributed by atoms with E-state index in [0.29, 0.717) is 6.42 Å². The molecule has 0 saturated heterocycles. The first-order chi connectivity index (χ1) is 7.24. The summed E-state index contributed by atoms with van der Waals surface area (Å²) >= 11 is 0. The van der Waals surface area contributed by atoms with E-state index >= 15 is 0 Å². The topological polar surface area (TPSA) is 72.5 Å². The van der Waals surface area contributed by atoms with Crippen LogP contribution in [0.1, 0.15) is 5.56 Å². The van der Waals surface area contributed by atoms with E-state index in [0.717, 1.165) is 5.56 Å². The van der Waals surface area contributed by atoms with Crippen LogP contribution in [0.15, 0.2) is 30.3 Å². The van der Waals surface area contributed by atoms with Gasteiger partial charge in [-0.1, -0.05) is 30.3 Å². The maximum atomic E-state index is 10.9. The Balaban J connectivity index is 2.55. The highest BCUT2D eigenvalue weighted by molar-refractivity contribution is 6.36. The van der Waals surface area contributed by atoms with Crippen molar-refractivity contribution in [3.63, 3.8) is 0 Å². The second-order valence-electron chi connectivity index (χ2n) is 3.10. The van der Waals surface area contributed by atoms with Crippen LogP contribution in [0, 0.1) is 0 Å². The number of aliphatic carboxylic acids is 1. The number of hydrogen-bond donors (Lipinski definition) is 2. The van der Waals surface area contributed by atoms with Crippen molar-refractivity contribution in [1.82, 2.24) is 0 Å². The predicted molar refractivity (Wildman–Crippen MR) is 57.4 cm³/mol. The van der Waals surface area contributed by atoms with Gasteiger partial charge < -0.3 is 15.5 Å². The van der Waals surface area contributed by atoms with E-state index in [4.69, 9.17) is 15.5 Å². The summed E-state index contributed by atoms with van der Waals surface area (Å²) in [5.74, 6) is -1.57. The normalized spacial score (nSPS) is 12.1. The SMILES string of the molecule is NCO[B][C@@H](Cc1ccccc1)C(=O)O. The summed E-state index contributed by atoms with van der Waals surface area (Å²) in [5.41, 5.74) is 6.08. The standard InChI is InChI=1S/C10H13BNO3/c12-7-15-11-9(10(13)14)6-8-4-2-1-3-5-8/h1-5,9H,6-7,12H2,(H,13,14)/t9-/m0/s1. The molecule has 0 saturated carbocycles. The fraction of sp³-hybridized carbons (Fsp3) is 0.300. The average Bonchev–Trinajstić information content (AvgIpc) is 2.25. The molecule has 1 aromatic carbocycles. The second-order valence-corrected chi connectivity index (χ2v) is 3.10. The minimum absolute atomic E-state index is 0.00142. The zero-order valence-corrected chi connectivity index (χ0v) is 8.30. The van der Waals surface area contributed by atoms with Gasteiger partial charge in [-0.05, 0) is 12.0 Å². The lowest BCUT2D eigenvalue weighted by Crippen LogP contribution is -2.21. The molecule has 3 N–H and O–H groups in total. The Morgan fingerprint density at radius 2 is 2.13 bits per heavy atom. The van der Waals surface area contributed by atoms with Crippen LogP contribution in [0.3, 0.4) is 0 Å². The molecule has 5 heteroatoms. The number of carbonyl (C=O) groups is 1. The minimum atomic E-state index is -0.910. The highest BCUT2D eigenvalue weighted by Crippen LogP contribution is 2.13. The smallest absolute Gasteiger partial charge is 0.309 e. The van der Waals surface area contributed by atoms with Crippen LogP contribution >= 0.6 is 0 Å². The van der Waals surface area contributed by atoms with Crippen molar-refractivity contribution in [1.29, 1.82) is 0 Å². The molecule has 0 unspecified atom stereocenters. The van der Waals surface area contributed by atoms with Gasteiger partial charge in [-0.3, -0.25) is 4.79 Å². The van der Waals surface area contributed by atoms with Crippen LogP contribution < -0.4 is 5.73 Å². The largest absolute Gasteiger partial charge is 0.481 e. The van der Waals surface area contributed by atoms with Gasteiger partial charge in [0.1, 0.15) is 0 Å². The van der Waals surface area contributed by atoms with Crippen LogP contribution in [0.5, 0.6) is 0 Å². The van der Waals surface area contributed by atoms with Crippen molar-refractivity contribution >= 4 is 13.5 Å². The molecule has 0 fully saturated rings. The van der Waals surface area contributed by atoms with E-state index in [1.54, 1.807) is 0 Å². The zero-order valence-electron chi connectivity index (χ0n) is 8.30. The van der Waals surface area contributed by atoms with Crippen molar-refractivity contribution < 1.29 is 14.6 Å². The van der Waals surface area contributed by atoms with E-state index in [2.05, 4.69) is 0 Å². The lowest BCUT2D eigenvalue weighted by molar-refractivity contribution is -0.137. The van der Waals surface area contributed by atoms with Crippen molar-refractivity contribution in [2.45, 2.75) is 12.2 Å². The van der Waals surface area contributed by atoms with E-state index in [-0.39, 0.29) is 6.73 Å². The first-order valence-electron chi connectivity index (χ1n) is 4.65. The number of hydrogen-bond acceptors (Lipinski definition) is 3. The van der Waals surface area contributed by atoms with Crippen LogP contribution in [0.2, 0.25) is 5.82 Å². The van der Waals surface area contributed by atoms with Crippen LogP contribution in [0.25, 0.3) is 0 Å². The molecular weight excluding hydrogens is 193 g/mol. The third-order valence-electron chi connectivity index (χ3n) is 1.97. The maximum absolute atomic E-state index is 10.9. The molecule has 0 bridgehead atoms. The molecule has 4 nitrogen and oxygen atoms in total. The van der Waals surface area contributed by atoms with Gasteiger partial charge >= 0.3 is 13.5 Å². The van der Waals surface area contributed by atoms with Gasteiger partial charge in [0.2, 0.25) is 0 Å². The molecule has 0 aliphatic heterocycles. The van der Waals surface area contributed by atoms with Gasteiger partial charge in [-0.15, -0.1) is 0 Å². The molecule has 0 aromatic heterocycles. The number of rotatable bonds is 6. The Labute approximate surface area is 89.3 Å².